The molecular weight excluding hydrogens is 319 g/mol. The predicted molar refractivity (Wildman–Crippen MR) is 73.2 cm³/mol. The van der Waals surface area contributed by atoms with Gasteiger partial charge in [0.2, 0.25) is 0 Å². The van der Waals surface area contributed by atoms with Crippen molar-refractivity contribution in [2.75, 3.05) is 11.1 Å². The van der Waals surface area contributed by atoms with E-state index >= 15 is 0 Å². The van der Waals surface area contributed by atoms with Crippen LogP contribution in [0.3, 0.4) is 0 Å². The predicted octanol–water partition coefficient (Wildman–Crippen LogP) is 1.54. The van der Waals surface area contributed by atoms with Crippen LogP contribution in [0.1, 0.15) is 5.56 Å². The van der Waals surface area contributed by atoms with E-state index in [0.29, 0.717) is 0 Å². The van der Waals surface area contributed by atoms with E-state index in [-0.39, 0.29) is 11.4 Å². The summed E-state index contributed by atoms with van der Waals surface area (Å²) in [5, 5.41) is 2.86. The molecule has 0 atom stereocenters. The number of hydrogen-bond acceptors (Lipinski definition) is 4. The number of alkyl halides is 1. The number of anilines is 3. The number of nitrogen functional groups attached to an aromatic ring is 1. The van der Waals surface area contributed by atoms with Crippen LogP contribution in [-0.4, -0.2) is 0 Å². The Kier molecular flexibility index (Phi) is 2.95. The minimum Gasteiger partial charge on any atom is -0.394 e. The maximum absolute atomic E-state index is 11.2. The van der Waals surface area contributed by atoms with Gasteiger partial charge in [-0.25, -0.2) is 0 Å². The normalized spacial score (nSPS) is 10.6. The average molecular weight is 328 g/mol. The van der Waals surface area contributed by atoms with Gasteiger partial charge in [-0.05, 0) is 17.7 Å². The molecule has 0 aromatic heterocycles. The fraction of sp³-hybridized carbons (Fsp3) is 0.0909. The lowest BCUT2D eigenvalue weighted by Gasteiger charge is -2.10. The highest BCUT2D eigenvalue weighted by Gasteiger charge is 2.17. The van der Waals surface area contributed by atoms with Crippen LogP contribution in [0.4, 0.5) is 17.1 Å². The molecule has 0 heterocycles. The first kappa shape index (κ1) is 11.1. The molecule has 5 heteroatoms. The molecule has 2 aromatic rings. The zero-order valence-electron chi connectivity index (χ0n) is 8.29. The van der Waals surface area contributed by atoms with Gasteiger partial charge in [-0.2, -0.15) is 0 Å². The van der Waals surface area contributed by atoms with Crippen molar-refractivity contribution >= 4 is 39.7 Å². The Balaban J connectivity index is 2.28. The van der Waals surface area contributed by atoms with E-state index in [1.54, 1.807) is 0 Å². The molecule has 2 rings (SSSR count). The van der Waals surface area contributed by atoms with Gasteiger partial charge in [0.25, 0.3) is 10.9 Å². The molecule has 0 spiro atoms. The standard InChI is InChI=1S/C11H9IN2O2/c12-5-6-2-1-3-7(4-6)14-9-8(13)10(15)11(9)16/h1-4,14H,5,13H2. The molecule has 16 heavy (non-hydrogen) atoms. The molecule has 0 unspecified atom stereocenters. The van der Waals surface area contributed by atoms with Crippen molar-refractivity contribution in [2.45, 2.75) is 4.43 Å². The third kappa shape index (κ3) is 1.82. The summed E-state index contributed by atoms with van der Waals surface area (Å²) in [4.78, 5) is 22.1. The molecular formula is C11H9IN2O2. The Morgan fingerprint density at radius 1 is 1.25 bits per heavy atom. The molecule has 0 saturated carbocycles. The van der Waals surface area contributed by atoms with Gasteiger partial charge in [0.1, 0.15) is 11.4 Å². The Hall–Kier alpha value is -1.37. The summed E-state index contributed by atoms with van der Waals surface area (Å²) in [6.07, 6.45) is 0. The Morgan fingerprint density at radius 2 is 2.00 bits per heavy atom. The van der Waals surface area contributed by atoms with Crippen molar-refractivity contribution in [1.29, 1.82) is 0 Å². The van der Waals surface area contributed by atoms with Crippen molar-refractivity contribution in [2.24, 2.45) is 0 Å². The zero-order valence-corrected chi connectivity index (χ0v) is 10.4. The Morgan fingerprint density at radius 3 is 2.62 bits per heavy atom. The molecule has 0 aliphatic rings. The molecule has 82 valence electrons. The Labute approximate surface area is 105 Å². The quantitative estimate of drug-likeness (QED) is 0.509. The van der Waals surface area contributed by atoms with Gasteiger partial charge < -0.3 is 11.1 Å². The second kappa shape index (κ2) is 4.25. The van der Waals surface area contributed by atoms with Crippen LogP contribution >= 0.6 is 22.6 Å². The number of nitrogens with one attached hydrogen (secondary N) is 1. The molecule has 2 aromatic carbocycles. The van der Waals surface area contributed by atoms with Gasteiger partial charge in [-0.1, -0.05) is 34.7 Å². The molecule has 0 radical (unpaired) electrons. The summed E-state index contributed by atoms with van der Waals surface area (Å²) in [6, 6.07) is 7.62. The molecule has 0 saturated heterocycles. The number of hydrogen-bond donors (Lipinski definition) is 2. The van der Waals surface area contributed by atoms with E-state index in [1.165, 1.54) is 0 Å². The highest BCUT2D eigenvalue weighted by Crippen LogP contribution is 2.19. The lowest BCUT2D eigenvalue weighted by Crippen LogP contribution is -2.36. The van der Waals surface area contributed by atoms with Gasteiger partial charge >= 0.3 is 0 Å². The summed E-state index contributed by atoms with van der Waals surface area (Å²) in [5.74, 6) is 0. The minimum absolute atomic E-state index is 0.0184. The van der Waals surface area contributed by atoms with E-state index in [4.69, 9.17) is 5.73 Å². The second-order valence-electron chi connectivity index (χ2n) is 3.41. The van der Waals surface area contributed by atoms with E-state index in [9.17, 15) is 9.59 Å². The topological polar surface area (TPSA) is 72.2 Å². The molecule has 0 amide bonds. The SMILES string of the molecule is Nc1c(Nc2cccc(CI)c2)c(=O)c1=O. The van der Waals surface area contributed by atoms with Gasteiger partial charge in [0.05, 0.1) is 0 Å². The van der Waals surface area contributed by atoms with E-state index in [2.05, 4.69) is 27.9 Å². The van der Waals surface area contributed by atoms with E-state index in [0.717, 1.165) is 15.7 Å². The van der Waals surface area contributed by atoms with Crippen LogP contribution in [0.15, 0.2) is 33.9 Å². The monoisotopic (exact) mass is 328 g/mol. The summed E-state index contributed by atoms with van der Waals surface area (Å²) in [5.41, 5.74) is 6.41. The molecule has 0 fully saturated rings. The lowest BCUT2D eigenvalue weighted by atomic mass is 10.1. The molecule has 3 N–H and O–H groups in total. The van der Waals surface area contributed by atoms with Crippen LogP contribution < -0.4 is 21.9 Å². The van der Waals surface area contributed by atoms with Gasteiger partial charge in [-0.3, -0.25) is 9.59 Å². The molecule has 0 aliphatic carbocycles. The summed E-state index contributed by atoms with van der Waals surface area (Å²) in [7, 11) is 0. The minimum atomic E-state index is -0.604. The average Bonchev–Trinajstić information content (AvgIpc) is 2.34. The van der Waals surface area contributed by atoms with Crippen LogP contribution in [0.25, 0.3) is 0 Å². The second-order valence-corrected chi connectivity index (χ2v) is 4.17. The third-order valence-corrected chi connectivity index (χ3v) is 3.18. The Bertz CT molecular complexity index is 600. The smallest absolute Gasteiger partial charge is 0.253 e. The molecule has 0 aliphatic heterocycles. The van der Waals surface area contributed by atoms with E-state index in [1.807, 2.05) is 24.3 Å². The first-order valence-electron chi connectivity index (χ1n) is 4.64. The van der Waals surface area contributed by atoms with Crippen LogP contribution in [0.5, 0.6) is 0 Å². The van der Waals surface area contributed by atoms with Crippen LogP contribution in [0.2, 0.25) is 0 Å². The highest BCUT2D eigenvalue weighted by atomic mass is 127. The maximum Gasteiger partial charge on any atom is 0.253 e. The van der Waals surface area contributed by atoms with Crippen molar-refractivity contribution < 1.29 is 0 Å². The fourth-order valence-electron chi connectivity index (χ4n) is 1.41. The number of halogens is 1. The first-order valence-corrected chi connectivity index (χ1v) is 6.16. The van der Waals surface area contributed by atoms with E-state index < -0.39 is 10.9 Å². The van der Waals surface area contributed by atoms with Crippen LogP contribution in [-0.2, 0) is 4.43 Å². The molecule has 4 nitrogen and oxygen atoms in total. The van der Waals surface area contributed by atoms with Gasteiger partial charge in [0.15, 0.2) is 0 Å². The van der Waals surface area contributed by atoms with Crippen molar-refractivity contribution in [1.82, 2.24) is 0 Å². The first-order chi connectivity index (χ1) is 7.63. The van der Waals surface area contributed by atoms with Gasteiger partial charge in [0, 0.05) is 10.1 Å². The lowest BCUT2D eigenvalue weighted by molar-refractivity contribution is 1.37. The maximum atomic E-state index is 11.2. The number of benzene rings is 1. The number of rotatable bonds is 3. The van der Waals surface area contributed by atoms with Gasteiger partial charge in [-0.15, -0.1) is 0 Å². The largest absolute Gasteiger partial charge is 0.394 e. The van der Waals surface area contributed by atoms with Crippen molar-refractivity contribution in [3.63, 3.8) is 0 Å². The van der Waals surface area contributed by atoms with Crippen molar-refractivity contribution in [3.8, 4) is 0 Å². The molecule has 0 bridgehead atoms. The highest BCUT2D eigenvalue weighted by molar-refractivity contribution is 14.1. The van der Waals surface area contributed by atoms with Crippen molar-refractivity contribution in [3.05, 3.63) is 50.3 Å². The number of nitrogens with two attached hydrogens (primary N) is 1. The fourth-order valence-corrected chi connectivity index (χ4v) is 1.88. The summed E-state index contributed by atoms with van der Waals surface area (Å²) >= 11 is 2.25. The van der Waals surface area contributed by atoms with Crippen LogP contribution in [0, 0.1) is 0 Å². The third-order valence-electron chi connectivity index (χ3n) is 2.30. The summed E-state index contributed by atoms with van der Waals surface area (Å²) in [6.45, 7) is 0. The summed E-state index contributed by atoms with van der Waals surface area (Å²) < 4.78 is 0.884. The zero-order chi connectivity index (χ0) is 11.7.